The standard InChI is InChI=1S/C11H18N4S/c1-15-10(7-8-12-15)14-11(16)13-9-5-3-2-4-6-9/h7-9H,2-6H2,1H3,(H2,13,14,16). The van der Waals surface area contributed by atoms with Gasteiger partial charge >= 0.3 is 0 Å². The normalized spacial score (nSPS) is 17.1. The quantitative estimate of drug-likeness (QED) is 0.774. The van der Waals surface area contributed by atoms with Crippen LogP contribution >= 0.6 is 12.2 Å². The van der Waals surface area contributed by atoms with Crippen LogP contribution in [0.1, 0.15) is 32.1 Å². The predicted molar refractivity (Wildman–Crippen MR) is 69.4 cm³/mol. The summed E-state index contributed by atoms with van der Waals surface area (Å²) in [4.78, 5) is 0. The molecule has 1 aliphatic carbocycles. The molecule has 0 bridgehead atoms. The molecule has 1 saturated carbocycles. The molecule has 88 valence electrons. The van der Waals surface area contributed by atoms with Crippen molar-refractivity contribution < 1.29 is 0 Å². The Kier molecular flexibility index (Phi) is 3.77. The predicted octanol–water partition coefficient (Wildman–Crippen LogP) is 2.04. The highest BCUT2D eigenvalue weighted by Crippen LogP contribution is 2.17. The van der Waals surface area contributed by atoms with E-state index in [0.717, 1.165) is 5.82 Å². The van der Waals surface area contributed by atoms with Gasteiger partial charge in [-0.3, -0.25) is 4.68 Å². The molecule has 0 aromatic carbocycles. The van der Waals surface area contributed by atoms with Gasteiger partial charge in [0.15, 0.2) is 5.11 Å². The molecule has 1 aliphatic rings. The second-order valence-electron chi connectivity index (χ2n) is 4.27. The summed E-state index contributed by atoms with van der Waals surface area (Å²) in [6.45, 7) is 0. The summed E-state index contributed by atoms with van der Waals surface area (Å²) < 4.78 is 1.77. The second-order valence-corrected chi connectivity index (χ2v) is 4.68. The maximum atomic E-state index is 5.28. The van der Waals surface area contributed by atoms with Gasteiger partial charge in [-0.05, 0) is 25.1 Å². The van der Waals surface area contributed by atoms with Crippen molar-refractivity contribution in [3.8, 4) is 0 Å². The molecule has 0 radical (unpaired) electrons. The first-order valence-corrected chi connectivity index (χ1v) is 6.22. The summed E-state index contributed by atoms with van der Waals surface area (Å²) in [6.07, 6.45) is 8.20. The minimum atomic E-state index is 0.543. The smallest absolute Gasteiger partial charge is 0.172 e. The third-order valence-electron chi connectivity index (χ3n) is 3.00. The topological polar surface area (TPSA) is 41.9 Å². The van der Waals surface area contributed by atoms with E-state index >= 15 is 0 Å². The van der Waals surface area contributed by atoms with Gasteiger partial charge < -0.3 is 10.6 Å². The molecule has 1 aromatic heterocycles. The van der Waals surface area contributed by atoms with E-state index in [4.69, 9.17) is 12.2 Å². The Morgan fingerprint density at radius 1 is 1.44 bits per heavy atom. The fraction of sp³-hybridized carbons (Fsp3) is 0.636. The number of hydrogen-bond donors (Lipinski definition) is 2. The second kappa shape index (κ2) is 5.30. The lowest BCUT2D eigenvalue weighted by Gasteiger charge is -2.24. The van der Waals surface area contributed by atoms with Crippen LogP contribution in [0, 0.1) is 0 Å². The number of thiocarbonyl (C=S) groups is 1. The van der Waals surface area contributed by atoms with Crippen LogP contribution in [0.2, 0.25) is 0 Å². The van der Waals surface area contributed by atoms with Crippen LogP contribution < -0.4 is 10.6 Å². The van der Waals surface area contributed by atoms with Crippen LogP contribution in [0.15, 0.2) is 12.3 Å². The first-order chi connectivity index (χ1) is 7.75. The minimum Gasteiger partial charge on any atom is -0.360 e. The van der Waals surface area contributed by atoms with E-state index in [9.17, 15) is 0 Å². The number of nitrogens with one attached hydrogen (secondary N) is 2. The van der Waals surface area contributed by atoms with Crippen molar-refractivity contribution >= 4 is 23.1 Å². The van der Waals surface area contributed by atoms with Crippen molar-refractivity contribution in [2.24, 2.45) is 7.05 Å². The number of aryl methyl sites for hydroxylation is 1. The lowest BCUT2D eigenvalue weighted by Crippen LogP contribution is -2.39. The molecule has 0 amide bonds. The van der Waals surface area contributed by atoms with Gasteiger partial charge in [-0.25, -0.2) is 0 Å². The van der Waals surface area contributed by atoms with E-state index in [0.29, 0.717) is 11.2 Å². The third-order valence-corrected chi connectivity index (χ3v) is 3.22. The van der Waals surface area contributed by atoms with Gasteiger partial charge in [0.05, 0.1) is 6.20 Å². The van der Waals surface area contributed by atoms with E-state index < -0.39 is 0 Å². The molecule has 1 heterocycles. The lowest BCUT2D eigenvalue weighted by atomic mass is 9.96. The first kappa shape index (κ1) is 11.4. The Morgan fingerprint density at radius 3 is 2.81 bits per heavy atom. The number of anilines is 1. The highest BCUT2D eigenvalue weighted by molar-refractivity contribution is 7.80. The molecule has 5 heteroatoms. The van der Waals surface area contributed by atoms with E-state index in [-0.39, 0.29) is 0 Å². The number of aromatic nitrogens is 2. The molecule has 1 fully saturated rings. The van der Waals surface area contributed by atoms with Gasteiger partial charge in [0.1, 0.15) is 5.82 Å². The van der Waals surface area contributed by atoms with Crippen molar-refractivity contribution in [1.82, 2.24) is 15.1 Å². The molecule has 4 nitrogen and oxygen atoms in total. The fourth-order valence-corrected chi connectivity index (χ4v) is 2.35. The van der Waals surface area contributed by atoms with E-state index in [1.54, 1.807) is 10.9 Å². The van der Waals surface area contributed by atoms with Gasteiger partial charge in [0, 0.05) is 19.2 Å². The van der Waals surface area contributed by atoms with Crippen LogP contribution in [-0.4, -0.2) is 20.9 Å². The Labute approximate surface area is 101 Å². The zero-order chi connectivity index (χ0) is 11.4. The summed E-state index contributed by atoms with van der Waals surface area (Å²) in [5, 5.41) is 11.3. The van der Waals surface area contributed by atoms with Crippen molar-refractivity contribution in [3.63, 3.8) is 0 Å². The molecule has 16 heavy (non-hydrogen) atoms. The molecule has 0 unspecified atom stereocenters. The molecule has 0 saturated heterocycles. The summed E-state index contributed by atoms with van der Waals surface area (Å²) in [5.41, 5.74) is 0. The Bertz CT molecular complexity index is 355. The Hall–Kier alpha value is -1.10. The fourth-order valence-electron chi connectivity index (χ4n) is 2.08. The minimum absolute atomic E-state index is 0.543. The van der Waals surface area contributed by atoms with Crippen molar-refractivity contribution in [3.05, 3.63) is 12.3 Å². The van der Waals surface area contributed by atoms with Crippen molar-refractivity contribution in [2.75, 3.05) is 5.32 Å². The van der Waals surface area contributed by atoms with Crippen LogP contribution in [0.4, 0.5) is 5.82 Å². The number of hydrogen-bond acceptors (Lipinski definition) is 2. The SMILES string of the molecule is Cn1nccc1NC(=S)NC1CCCCC1. The van der Waals surface area contributed by atoms with E-state index in [1.165, 1.54) is 32.1 Å². The summed E-state index contributed by atoms with van der Waals surface area (Å²) in [7, 11) is 1.89. The molecule has 0 spiro atoms. The molecular formula is C11H18N4S. The zero-order valence-electron chi connectivity index (χ0n) is 9.57. The van der Waals surface area contributed by atoms with Gasteiger partial charge in [-0.15, -0.1) is 0 Å². The molecule has 2 N–H and O–H groups in total. The Balaban J connectivity index is 1.82. The van der Waals surface area contributed by atoms with Crippen molar-refractivity contribution in [2.45, 2.75) is 38.1 Å². The summed E-state index contributed by atoms with van der Waals surface area (Å²) >= 11 is 5.28. The van der Waals surface area contributed by atoms with Crippen LogP contribution in [0.5, 0.6) is 0 Å². The van der Waals surface area contributed by atoms with Gasteiger partial charge in [-0.1, -0.05) is 19.3 Å². The maximum absolute atomic E-state index is 5.28. The Morgan fingerprint density at radius 2 is 2.19 bits per heavy atom. The van der Waals surface area contributed by atoms with Crippen LogP contribution in [-0.2, 0) is 7.05 Å². The zero-order valence-corrected chi connectivity index (χ0v) is 10.4. The third kappa shape index (κ3) is 2.95. The highest BCUT2D eigenvalue weighted by Gasteiger charge is 2.14. The maximum Gasteiger partial charge on any atom is 0.172 e. The molecule has 0 atom stereocenters. The van der Waals surface area contributed by atoms with Crippen LogP contribution in [0.3, 0.4) is 0 Å². The molecule has 1 aromatic rings. The average Bonchev–Trinajstić information content (AvgIpc) is 2.66. The molecule has 0 aliphatic heterocycles. The van der Waals surface area contributed by atoms with E-state index in [1.807, 2.05) is 13.1 Å². The van der Waals surface area contributed by atoms with Gasteiger partial charge in [0.2, 0.25) is 0 Å². The summed E-state index contributed by atoms with van der Waals surface area (Å²) in [5.74, 6) is 0.924. The monoisotopic (exact) mass is 238 g/mol. The first-order valence-electron chi connectivity index (χ1n) is 5.81. The van der Waals surface area contributed by atoms with Crippen LogP contribution in [0.25, 0.3) is 0 Å². The van der Waals surface area contributed by atoms with Crippen molar-refractivity contribution in [1.29, 1.82) is 0 Å². The van der Waals surface area contributed by atoms with Gasteiger partial charge in [-0.2, -0.15) is 5.10 Å². The average molecular weight is 238 g/mol. The lowest BCUT2D eigenvalue weighted by molar-refractivity contribution is 0.414. The largest absolute Gasteiger partial charge is 0.360 e. The highest BCUT2D eigenvalue weighted by atomic mass is 32.1. The number of nitrogens with zero attached hydrogens (tertiary/aromatic N) is 2. The molecular weight excluding hydrogens is 220 g/mol. The number of rotatable bonds is 2. The van der Waals surface area contributed by atoms with Gasteiger partial charge in [0.25, 0.3) is 0 Å². The molecule has 2 rings (SSSR count). The van der Waals surface area contributed by atoms with E-state index in [2.05, 4.69) is 15.7 Å². The summed E-state index contributed by atoms with van der Waals surface area (Å²) in [6, 6.07) is 2.46.